The largest absolute Gasteiger partial charge is 0.310 e. The van der Waals surface area contributed by atoms with Crippen LogP contribution in [-0.2, 0) is 0 Å². The molecule has 0 atom stereocenters. The van der Waals surface area contributed by atoms with E-state index in [9.17, 15) is 13.7 Å². The molecule has 0 aliphatic rings. The molecule has 4 nitrogen and oxygen atoms in total. The molecule has 0 amide bonds. The second kappa shape index (κ2) is 12.3. The first-order valence-corrected chi connectivity index (χ1v) is 19.6. The summed E-state index contributed by atoms with van der Waals surface area (Å²) < 4.78 is 138. The number of aryl methyl sites for hydroxylation is 2. The number of benzene rings is 9. The number of rotatable bonds is 6. The third-order valence-corrected chi connectivity index (χ3v) is 11.7. The van der Waals surface area contributed by atoms with Crippen molar-refractivity contribution in [3.05, 3.63) is 205 Å². The number of aromatic nitrogens is 2. The van der Waals surface area contributed by atoms with Crippen LogP contribution < -0.4 is 9.80 Å². The smallest absolute Gasteiger partial charge is 0.0653 e. The van der Waals surface area contributed by atoms with E-state index in [4.69, 9.17) is 5.48 Å². The van der Waals surface area contributed by atoms with Crippen LogP contribution in [-0.4, -0.2) is 8.80 Å². The van der Waals surface area contributed by atoms with Crippen molar-refractivity contribution >= 4 is 110 Å². The molecular weight excluding hydrogens is 729 g/mol. The molecule has 0 bridgehead atoms. The van der Waals surface area contributed by atoms with Crippen LogP contribution in [0.15, 0.2) is 194 Å². The third kappa shape index (κ3) is 4.50. The van der Waals surface area contributed by atoms with E-state index in [1.54, 1.807) is 9.80 Å². The summed E-state index contributed by atoms with van der Waals surface area (Å²) in [5.41, 5.74) is 4.58. The predicted octanol–water partition coefficient (Wildman–Crippen LogP) is 15.5. The molecule has 282 valence electrons. The maximum atomic E-state index is 10.5. The number of hydrogen-bond acceptors (Lipinski definition) is 2. The molecule has 4 aromatic heterocycles. The fourth-order valence-electron chi connectivity index (χ4n) is 9.24. The molecule has 13 aromatic rings. The SMILES string of the molecule is [2H]c1c([2H])c([2H])c2c(c1[2H])c1c(N(c3ccccc3)c3cccc(C)c3)c([2H])c([2H])c3c4c([2H])c5c(c([2H])c4n2c31)c1c([2H])c([2H])c(N(c2ccccc2)c2cccc(C)c2)c2c3c([2H])c([2H])c([2H])c([2H])c3n5c12. The van der Waals surface area contributed by atoms with Crippen molar-refractivity contribution in [2.45, 2.75) is 13.8 Å². The van der Waals surface area contributed by atoms with E-state index in [1.165, 1.54) is 8.80 Å². The van der Waals surface area contributed by atoms with Gasteiger partial charge in [0.25, 0.3) is 0 Å². The number of nitrogens with zero attached hydrogens (tertiary/aromatic N) is 4. The van der Waals surface area contributed by atoms with Crippen molar-refractivity contribution in [1.29, 1.82) is 0 Å². The van der Waals surface area contributed by atoms with E-state index in [0.717, 1.165) is 11.1 Å². The quantitative estimate of drug-likeness (QED) is 0.167. The van der Waals surface area contributed by atoms with Gasteiger partial charge in [0.15, 0.2) is 0 Å². The van der Waals surface area contributed by atoms with Gasteiger partial charge in [0.2, 0.25) is 0 Å². The molecule has 0 radical (unpaired) electrons. The van der Waals surface area contributed by atoms with Crippen molar-refractivity contribution in [1.82, 2.24) is 8.80 Å². The molecular formula is C56H38N4. The highest BCUT2D eigenvalue weighted by atomic mass is 15.2. The summed E-state index contributed by atoms with van der Waals surface area (Å²) in [6.45, 7) is 3.84. The lowest BCUT2D eigenvalue weighted by Crippen LogP contribution is -2.10. The van der Waals surface area contributed by atoms with Crippen LogP contribution in [0, 0.1) is 13.8 Å². The molecule has 0 N–H and O–H groups in total. The molecule has 4 heterocycles. The third-order valence-electron chi connectivity index (χ3n) is 11.7. The zero-order chi connectivity index (χ0) is 51.8. The highest BCUT2D eigenvalue weighted by molar-refractivity contribution is 6.32. The van der Waals surface area contributed by atoms with Crippen LogP contribution in [0.4, 0.5) is 34.1 Å². The van der Waals surface area contributed by atoms with Crippen LogP contribution in [0.3, 0.4) is 0 Å². The zero-order valence-electron chi connectivity index (χ0n) is 46.2. The summed E-state index contributed by atoms with van der Waals surface area (Å²) in [6, 6.07) is 27.4. The van der Waals surface area contributed by atoms with Gasteiger partial charge < -0.3 is 18.6 Å². The Morgan fingerprint density at radius 3 is 1.23 bits per heavy atom. The van der Waals surface area contributed by atoms with Gasteiger partial charge in [0, 0.05) is 65.8 Å². The summed E-state index contributed by atoms with van der Waals surface area (Å²) in [4.78, 5) is 3.57. The molecule has 13 rings (SSSR count). The van der Waals surface area contributed by atoms with Crippen LogP contribution in [0.1, 0.15) is 30.3 Å². The van der Waals surface area contributed by atoms with Crippen LogP contribution >= 0.6 is 0 Å². The predicted molar refractivity (Wildman–Crippen MR) is 255 cm³/mol. The minimum Gasteiger partial charge on any atom is -0.310 e. The molecule has 0 saturated carbocycles. The van der Waals surface area contributed by atoms with Crippen molar-refractivity contribution < 1.29 is 19.2 Å². The molecule has 0 fully saturated rings. The molecule has 4 heteroatoms. The van der Waals surface area contributed by atoms with E-state index >= 15 is 0 Å². The molecule has 0 unspecified atom stereocenters. The summed E-state index contributed by atoms with van der Waals surface area (Å²) in [5, 5.41) is 0.448. The van der Waals surface area contributed by atoms with Crippen LogP contribution in [0.2, 0.25) is 0 Å². The van der Waals surface area contributed by atoms with Gasteiger partial charge in [-0.2, -0.15) is 0 Å². The standard InChI is InChI=1S/C56H38N4/c1-35-15-13-21-39(31-35)57(37-17-5-3-6-18-37)49-29-27-41-45-33-52-46(34-51(45)59-47-25-11-9-23-43(47)53(49)55(41)59)42-28-30-50(54-44-24-10-12-26-48(44)60(52)56(42)54)58(38-19-7-4-8-20-38)40-22-14-16-36(2)32-40/h3-34H,1-2H3/i9D,10D,11D,12D,23D,24D,25D,26D,27D,28D,29D,30D,33D,34D. The van der Waals surface area contributed by atoms with Gasteiger partial charge >= 0.3 is 0 Å². The fraction of sp³-hybridized carbons (Fsp3) is 0.0357. The Labute approximate surface area is 366 Å². The summed E-state index contributed by atoms with van der Waals surface area (Å²) in [6.07, 6.45) is 0. The monoisotopic (exact) mass is 780 g/mol. The molecule has 0 spiro atoms. The van der Waals surface area contributed by atoms with E-state index in [0.29, 0.717) is 22.7 Å². The van der Waals surface area contributed by atoms with Crippen molar-refractivity contribution in [2.75, 3.05) is 9.80 Å². The lowest BCUT2D eigenvalue weighted by molar-refractivity contribution is 1.28. The Bertz CT molecular complexity index is 4340. The van der Waals surface area contributed by atoms with Crippen LogP contribution in [0.25, 0.3) is 76.2 Å². The lowest BCUT2D eigenvalue weighted by Gasteiger charge is -2.26. The number of para-hydroxylation sites is 4. The molecule has 0 aliphatic heterocycles. The van der Waals surface area contributed by atoms with Crippen molar-refractivity contribution in [2.24, 2.45) is 0 Å². The molecule has 0 saturated heterocycles. The Morgan fingerprint density at radius 2 is 0.800 bits per heavy atom. The van der Waals surface area contributed by atoms with Gasteiger partial charge in [-0.05, 0) is 110 Å². The Morgan fingerprint density at radius 1 is 0.383 bits per heavy atom. The normalized spacial score (nSPS) is 15.4. The second-order valence-corrected chi connectivity index (χ2v) is 15.2. The van der Waals surface area contributed by atoms with Crippen molar-refractivity contribution in [3.8, 4) is 0 Å². The first-order chi connectivity index (χ1) is 35.5. The van der Waals surface area contributed by atoms with E-state index in [1.807, 2.05) is 123 Å². The van der Waals surface area contributed by atoms with Gasteiger partial charge in [-0.25, -0.2) is 0 Å². The maximum absolute atomic E-state index is 10.5. The average molecular weight is 781 g/mol. The Hall–Kier alpha value is -7.82. The number of hydrogen-bond donors (Lipinski definition) is 0. The summed E-state index contributed by atoms with van der Waals surface area (Å²) in [5.74, 6) is 0. The Kier molecular flexibility index (Phi) is 4.60. The van der Waals surface area contributed by atoms with E-state index in [2.05, 4.69) is 0 Å². The van der Waals surface area contributed by atoms with Gasteiger partial charge in [-0.1, -0.05) is 109 Å². The highest BCUT2D eigenvalue weighted by Crippen LogP contribution is 2.51. The van der Waals surface area contributed by atoms with Gasteiger partial charge in [-0.15, -0.1) is 0 Å². The second-order valence-electron chi connectivity index (χ2n) is 15.2. The maximum Gasteiger partial charge on any atom is 0.0653 e. The van der Waals surface area contributed by atoms with E-state index in [-0.39, 0.29) is 124 Å². The van der Waals surface area contributed by atoms with Gasteiger partial charge in [0.05, 0.1) is 63.7 Å². The van der Waals surface area contributed by atoms with Crippen molar-refractivity contribution in [3.63, 3.8) is 0 Å². The van der Waals surface area contributed by atoms with Crippen LogP contribution in [0.5, 0.6) is 0 Å². The zero-order valence-corrected chi connectivity index (χ0v) is 32.2. The highest BCUT2D eigenvalue weighted by Gasteiger charge is 2.27. The van der Waals surface area contributed by atoms with E-state index < -0.39 is 48.3 Å². The minimum absolute atomic E-state index is 0.0119. The molecule has 0 aliphatic carbocycles. The topological polar surface area (TPSA) is 15.3 Å². The average Bonchev–Trinajstić information content (AvgIpc) is 4.14. The summed E-state index contributed by atoms with van der Waals surface area (Å²) in [7, 11) is 0. The number of anilines is 6. The fourth-order valence-corrected chi connectivity index (χ4v) is 9.24. The molecule has 60 heavy (non-hydrogen) atoms. The Balaban J connectivity index is 1.30. The summed E-state index contributed by atoms with van der Waals surface area (Å²) >= 11 is 0. The van der Waals surface area contributed by atoms with Gasteiger partial charge in [0.1, 0.15) is 0 Å². The number of fused-ring (bicyclic) bond motifs is 12. The molecule has 9 aromatic carbocycles. The van der Waals surface area contributed by atoms with Gasteiger partial charge in [-0.3, -0.25) is 0 Å². The minimum atomic E-state index is -0.564. The lowest BCUT2D eigenvalue weighted by atomic mass is 10.0. The first kappa shape index (κ1) is 22.4. The first-order valence-electron chi connectivity index (χ1n) is 26.6.